The fraction of sp³-hybridized carbons (Fsp3) is 0.167. The minimum absolute atomic E-state index is 0.234. The molecule has 0 saturated heterocycles. The SMILES string of the molecule is COc1ccc(CCNc2nc(-c3ccc(F)cc3)cs2)cc1. The van der Waals surface area contributed by atoms with E-state index < -0.39 is 0 Å². The smallest absolute Gasteiger partial charge is 0.183 e. The molecule has 1 aromatic heterocycles. The highest BCUT2D eigenvalue weighted by Gasteiger charge is 2.04. The zero-order chi connectivity index (χ0) is 16.1. The molecular formula is C18H17FN2OS. The number of hydrogen-bond acceptors (Lipinski definition) is 4. The van der Waals surface area contributed by atoms with Crippen molar-refractivity contribution < 1.29 is 9.13 Å². The second kappa shape index (κ2) is 7.24. The largest absolute Gasteiger partial charge is 0.497 e. The van der Waals surface area contributed by atoms with Gasteiger partial charge in [0.1, 0.15) is 11.6 Å². The van der Waals surface area contributed by atoms with Crippen LogP contribution in [0.5, 0.6) is 5.75 Å². The van der Waals surface area contributed by atoms with Gasteiger partial charge < -0.3 is 10.1 Å². The predicted octanol–water partition coefficient (Wildman–Crippen LogP) is 4.61. The fourth-order valence-electron chi connectivity index (χ4n) is 2.21. The van der Waals surface area contributed by atoms with Crippen LogP contribution < -0.4 is 10.1 Å². The molecule has 0 atom stereocenters. The van der Waals surface area contributed by atoms with Crippen LogP contribution in [0.15, 0.2) is 53.9 Å². The quantitative estimate of drug-likeness (QED) is 0.717. The van der Waals surface area contributed by atoms with Gasteiger partial charge >= 0.3 is 0 Å². The van der Waals surface area contributed by atoms with Crippen LogP contribution in [-0.2, 0) is 6.42 Å². The van der Waals surface area contributed by atoms with Gasteiger partial charge in [0.25, 0.3) is 0 Å². The Morgan fingerprint density at radius 2 is 1.83 bits per heavy atom. The molecule has 118 valence electrons. The third kappa shape index (κ3) is 4.07. The maximum absolute atomic E-state index is 12.9. The number of nitrogens with one attached hydrogen (secondary N) is 1. The molecule has 0 radical (unpaired) electrons. The lowest BCUT2D eigenvalue weighted by molar-refractivity contribution is 0.414. The number of halogens is 1. The first-order valence-electron chi connectivity index (χ1n) is 7.33. The molecule has 5 heteroatoms. The van der Waals surface area contributed by atoms with Crippen molar-refractivity contribution in [1.82, 2.24) is 4.98 Å². The summed E-state index contributed by atoms with van der Waals surface area (Å²) in [5, 5.41) is 6.17. The van der Waals surface area contributed by atoms with Crippen molar-refractivity contribution in [3.8, 4) is 17.0 Å². The van der Waals surface area contributed by atoms with Crippen LogP contribution in [-0.4, -0.2) is 18.6 Å². The molecule has 2 aromatic carbocycles. The predicted molar refractivity (Wildman–Crippen MR) is 92.7 cm³/mol. The number of thiazole rings is 1. The van der Waals surface area contributed by atoms with Gasteiger partial charge in [-0.15, -0.1) is 11.3 Å². The van der Waals surface area contributed by atoms with Gasteiger partial charge in [0.05, 0.1) is 12.8 Å². The Kier molecular flexibility index (Phi) is 4.88. The Labute approximate surface area is 138 Å². The van der Waals surface area contributed by atoms with Crippen LogP contribution >= 0.6 is 11.3 Å². The number of aromatic nitrogens is 1. The van der Waals surface area contributed by atoms with Crippen molar-refractivity contribution in [1.29, 1.82) is 0 Å². The van der Waals surface area contributed by atoms with Crippen molar-refractivity contribution in [2.75, 3.05) is 19.0 Å². The summed E-state index contributed by atoms with van der Waals surface area (Å²) in [5.74, 6) is 0.632. The second-order valence-corrected chi connectivity index (χ2v) is 5.93. The van der Waals surface area contributed by atoms with Crippen molar-refractivity contribution in [3.63, 3.8) is 0 Å². The number of ether oxygens (including phenoxy) is 1. The molecule has 0 aliphatic heterocycles. The Bertz CT molecular complexity index is 753. The van der Waals surface area contributed by atoms with Crippen molar-refractivity contribution in [2.24, 2.45) is 0 Å². The van der Waals surface area contributed by atoms with Crippen molar-refractivity contribution >= 4 is 16.5 Å². The average molecular weight is 328 g/mol. The molecule has 0 unspecified atom stereocenters. The van der Waals surface area contributed by atoms with E-state index in [1.54, 1.807) is 30.6 Å². The number of anilines is 1. The fourth-order valence-corrected chi connectivity index (χ4v) is 2.96. The minimum Gasteiger partial charge on any atom is -0.497 e. The first-order valence-corrected chi connectivity index (χ1v) is 8.21. The van der Waals surface area contributed by atoms with Gasteiger partial charge in [-0.05, 0) is 48.4 Å². The lowest BCUT2D eigenvalue weighted by Crippen LogP contribution is -2.04. The molecule has 0 spiro atoms. The summed E-state index contributed by atoms with van der Waals surface area (Å²) < 4.78 is 18.1. The van der Waals surface area contributed by atoms with E-state index in [9.17, 15) is 4.39 Å². The normalized spacial score (nSPS) is 10.5. The summed E-state index contributed by atoms with van der Waals surface area (Å²) in [4.78, 5) is 4.53. The third-order valence-electron chi connectivity index (χ3n) is 3.49. The molecule has 0 saturated carbocycles. The summed E-state index contributed by atoms with van der Waals surface area (Å²) in [6.45, 7) is 0.808. The van der Waals surface area contributed by atoms with E-state index in [1.165, 1.54) is 17.7 Å². The zero-order valence-electron chi connectivity index (χ0n) is 12.8. The number of hydrogen-bond donors (Lipinski definition) is 1. The maximum atomic E-state index is 12.9. The number of methoxy groups -OCH3 is 1. The van der Waals surface area contributed by atoms with E-state index in [0.717, 1.165) is 35.1 Å². The summed E-state index contributed by atoms with van der Waals surface area (Å²) >= 11 is 1.55. The summed E-state index contributed by atoms with van der Waals surface area (Å²) in [7, 11) is 1.66. The van der Waals surface area contributed by atoms with E-state index in [-0.39, 0.29) is 5.82 Å². The number of benzene rings is 2. The molecule has 3 aromatic rings. The van der Waals surface area contributed by atoms with Crippen LogP contribution in [0.3, 0.4) is 0 Å². The van der Waals surface area contributed by atoms with Gasteiger partial charge in [-0.1, -0.05) is 12.1 Å². The lowest BCUT2D eigenvalue weighted by atomic mass is 10.1. The Morgan fingerprint density at radius 3 is 2.52 bits per heavy atom. The molecule has 0 bridgehead atoms. The first-order chi connectivity index (χ1) is 11.2. The first kappa shape index (κ1) is 15.5. The van der Waals surface area contributed by atoms with Crippen LogP contribution in [0.4, 0.5) is 9.52 Å². The van der Waals surface area contributed by atoms with Gasteiger partial charge in [0, 0.05) is 17.5 Å². The average Bonchev–Trinajstić information content (AvgIpc) is 3.05. The molecule has 0 fully saturated rings. The Balaban J connectivity index is 1.55. The number of rotatable bonds is 6. The van der Waals surface area contributed by atoms with Crippen LogP contribution in [0, 0.1) is 5.82 Å². The van der Waals surface area contributed by atoms with Gasteiger partial charge in [-0.25, -0.2) is 9.37 Å². The van der Waals surface area contributed by atoms with E-state index >= 15 is 0 Å². The topological polar surface area (TPSA) is 34.1 Å². The summed E-state index contributed by atoms with van der Waals surface area (Å²) in [6.07, 6.45) is 0.912. The van der Waals surface area contributed by atoms with Crippen LogP contribution in [0.1, 0.15) is 5.56 Å². The summed E-state index contributed by atoms with van der Waals surface area (Å²) in [5.41, 5.74) is 3.03. The third-order valence-corrected chi connectivity index (χ3v) is 4.29. The van der Waals surface area contributed by atoms with E-state index in [0.29, 0.717) is 0 Å². The molecule has 0 aliphatic carbocycles. The Morgan fingerprint density at radius 1 is 1.09 bits per heavy atom. The van der Waals surface area contributed by atoms with Crippen molar-refractivity contribution in [2.45, 2.75) is 6.42 Å². The second-order valence-electron chi connectivity index (χ2n) is 5.07. The molecule has 1 heterocycles. The zero-order valence-corrected chi connectivity index (χ0v) is 13.6. The molecular weight excluding hydrogens is 311 g/mol. The van der Waals surface area contributed by atoms with Gasteiger partial charge in [0.15, 0.2) is 5.13 Å². The Hall–Kier alpha value is -2.40. The lowest BCUT2D eigenvalue weighted by Gasteiger charge is -2.04. The van der Waals surface area contributed by atoms with E-state index in [1.807, 2.05) is 17.5 Å². The van der Waals surface area contributed by atoms with E-state index in [4.69, 9.17) is 4.74 Å². The minimum atomic E-state index is -0.234. The standard InChI is InChI=1S/C18H17FN2OS/c1-22-16-8-2-13(3-9-16)10-11-20-18-21-17(12-23-18)14-4-6-15(19)7-5-14/h2-9,12H,10-11H2,1H3,(H,20,21). The highest BCUT2D eigenvalue weighted by atomic mass is 32.1. The van der Waals surface area contributed by atoms with Crippen LogP contribution in [0.25, 0.3) is 11.3 Å². The summed E-state index contributed by atoms with van der Waals surface area (Å²) in [6, 6.07) is 14.4. The molecule has 1 N–H and O–H groups in total. The molecule has 3 nitrogen and oxygen atoms in total. The van der Waals surface area contributed by atoms with Crippen LogP contribution in [0.2, 0.25) is 0 Å². The van der Waals surface area contributed by atoms with E-state index in [2.05, 4.69) is 22.4 Å². The maximum Gasteiger partial charge on any atom is 0.183 e. The van der Waals surface area contributed by atoms with Gasteiger partial charge in [0.2, 0.25) is 0 Å². The monoisotopic (exact) mass is 328 g/mol. The highest BCUT2D eigenvalue weighted by Crippen LogP contribution is 2.25. The molecule has 23 heavy (non-hydrogen) atoms. The van der Waals surface area contributed by atoms with Gasteiger partial charge in [-0.3, -0.25) is 0 Å². The van der Waals surface area contributed by atoms with Crippen molar-refractivity contribution in [3.05, 3.63) is 65.3 Å². The number of nitrogens with zero attached hydrogens (tertiary/aromatic N) is 1. The highest BCUT2D eigenvalue weighted by molar-refractivity contribution is 7.14. The molecule has 3 rings (SSSR count). The molecule has 0 aliphatic rings. The van der Waals surface area contributed by atoms with Gasteiger partial charge in [-0.2, -0.15) is 0 Å². The molecule has 0 amide bonds.